The Hall–Kier alpha value is -1.65. The maximum Gasteiger partial charge on any atom is 0.251 e. The summed E-state index contributed by atoms with van der Waals surface area (Å²) in [5.74, 6) is 0.0369. The molecule has 1 aliphatic rings. The number of rotatable bonds is 3. The molecule has 0 radical (unpaired) electrons. The van der Waals surface area contributed by atoms with E-state index in [-0.39, 0.29) is 5.91 Å². The van der Waals surface area contributed by atoms with E-state index in [9.17, 15) is 4.79 Å². The van der Waals surface area contributed by atoms with Gasteiger partial charge in [0.2, 0.25) is 0 Å². The minimum absolute atomic E-state index is 0.0369. The monoisotopic (exact) mass is 286 g/mol. The average molecular weight is 286 g/mol. The molecule has 4 heteroatoms. The first kappa shape index (κ1) is 13.3. The van der Waals surface area contributed by atoms with E-state index in [4.69, 9.17) is 0 Å². The van der Waals surface area contributed by atoms with Crippen molar-refractivity contribution in [1.82, 2.24) is 10.6 Å². The highest BCUT2D eigenvalue weighted by Crippen LogP contribution is 2.19. The molecule has 2 N–H and O–H groups in total. The van der Waals surface area contributed by atoms with E-state index in [0.29, 0.717) is 6.54 Å². The number of benzene rings is 1. The lowest BCUT2D eigenvalue weighted by Gasteiger charge is -2.19. The van der Waals surface area contributed by atoms with Crippen LogP contribution in [-0.4, -0.2) is 12.5 Å². The maximum atomic E-state index is 12.4. The SMILES string of the molecule is Cc1ccc(CNC(=O)c2cccc3c2CCNC3)s1. The first-order chi connectivity index (χ1) is 9.74. The summed E-state index contributed by atoms with van der Waals surface area (Å²) < 4.78 is 0. The fraction of sp³-hybridized carbons (Fsp3) is 0.312. The third-order valence-corrected chi connectivity index (χ3v) is 4.60. The molecule has 0 saturated carbocycles. The zero-order valence-electron chi connectivity index (χ0n) is 11.5. The zero-order chi connectivity index (χ0) is 13.9. The summed E-state index contributed by atoms with van der Waals surface area (Å²) in [6.07, 6.45) is 0.928. The second-order valence-electron chi connectivity index (χ2n) is 5.07. The summed E-state index contributed by atoms with van der Waals surface area (Å²) in [7, 11) is 0. The lowest BCUT2D eigenvalue weighted by Crippen LogP contribution is -2.29. The topological polar surface area (TPSA) is 41.1 Å². The number of carbonyl (C=O) groups excluding carboxylic acids is 1. The third kappa shape index (κ3) is 2.76. The van der Waals surface area contributed by atoms with Gasteiger partial charge in [-0.1, -0.05) is 12.1 Å². The molecular formula is C16H18N2OS. The quantitative estimate of drug-likeness (QED) is 0.910. The van der Waals surface area contributed by atoms with E-state index in [0.717, 1.165) is 25.1 Å². The molecular weight excluding hydrogens is 268 g/mol. The summed E-state index contributed by atoms with van der Waals surface area (Å²) in [6, 6.07) is 10.2. The zero-order valence-corrected chi connectivity index (χ0v) is 12.3. The van der Waals surface area contributed by atoms with Gasteiger partial charge in [-0.05, 0) is 49.2 Å². The predicted octanol–water partition coefficient (Wildman–Crippen LogP) is 2.63. The molecule has 0 saturated heterocycles. The van der Waals surface area contributed by atoms with Crippen LogP contribution in [-0.2, 0) is 19.5 Å². The van der Waals surface area contributed by atoms with Crippen molar-refractivity contribution in [3.05, 3.63) is 56.8 Å². The molecule has 1 aromatic heterocycles. The highest BCUT2D eigenvalue weighted by atomic mass is 32.1. The number of amides is 1. The first-order valence-corrected chi connectivity index (χ1v) is 7.70. The molecule has 3 nitrogen and oxygen atoms in total. The average Bonchev–Trinajstić information content (AvgIpc) is 2.90. The Balaban J connectivity index is 1.74. The molecule has 3 rings (SSSR count). The summed E-state index contributed by atoms with van der Waals surface area (Å²) in [5, 5.41) is 6.37. The van der Waals surface area contributed by atoms with Gasteiger partial charge in [-0.3, -0.25) is 4.79 Å². The van der Waals surface area contributed by atoms with Crippen molar-refractivity contribution >= 4 is 17.2 Å². The fourth-order valence-corrected chi connectivity index (χ4v) is 3.42. The molecule has 0 atom stereocenters. The number of hydrogen-bond donors (Lipinski definition) is 2. The lowest BCUT2D eigenvalue weighted by molar-refractivity contribution is 0.0950. The molecule has 0 unspecified atom stereocenters. The highest BCUT2D eigenvalue weighted by molar-refractivity contribution is 7.11. The van der Waals surface area contributed by atoms with Crippen molar-refractivity contribution in [3.63, 3.8) is 0 Å². The van der Waals surface area contributed by atoms with Crippen LogP contribution in [0.2, 0.25) is 0 Å². The highest BCUT2D eigenvalue weighted by Gasteiger charge is 2.16. The molecule has 104 valence electrons. The van der Waals surface area contributed by atoms with Gasteiger partial charge < -0.3 is 10.6 Å². The van der Waals surface area contributed by atoms with Gasteiger partial charge in [0.25, 0.3) is 5.91 Å². The van der Waals surface area contributed by atoms with Crippen LogP contribution in [0.3, 0.4) is 0 Å². The van der Waals surface area contributed by atoms with Crippen molar-refractivity contribution in [3.8, 4) is 0 Å². The smallest absolute Gasteiger partial charge is 0.251 e. The number of thiophene rings is 1. The number of hydrogen-bond acceptors (Lipinski definition) is 3. The first-order valence-electron chi connectivity index (χ1n) is 6.89. The third-order valence-electron chi connectivity index (χ3n) is 3.60. The van der Waals surface area contributed by atoms with Crippen LogP contribution in [0.15, 0.2) is 30.3 Å². The largest absolute Gasteiger partial charge is 0.347 e. The van der Waals surface area contributed by atoms with Crippen LogP contribution >= 0.6 is 11.3 Å². The second kappa shape index (κ2) is 5.77. The fourth-order valence-electron chi connectivity index (χ4n) is 2.59. The van der Waals surface area contributed by atoms with E-state index < -0.39 is 0 Å². The van der Waals surface area contributed by atoms with E-state index >= 15 is 0 Å². The summed E-state index contributed by atoms with van der Waals surface area (Å²) in [6.45, 7) is 4.50. The van der Waals surface area contributed by atoms with Gasteiger partial charge in [0.1, 0.15) is 0 Å². The molecule has 20 heavy (non-hydrogen) atoms. The predicted molar refractivity (Wildman–Crippen MR) is 82.1 cm³/mol. The number of nitrogens with one attached hydrogen (secondary N) is 2. The van der Waals surface area contributed by atoms with Crippen molar-refractivity contribution in [1.29, 1.82) is 0 Å². The van der Waals surface area contributed by atoms with Crippen LogP contribution < -0.4 is 10.6 Å². The van der Waals surface area contributed by atoms with Crippen molar-refractivity contribution < 1.29 is 4.79 Å². The van der Waals surface area contributed by atoms with Gasteiger partial charge in [-0.25, -0.2) is 0 Å². The van der Waals surface area contributed by atoms with Crippen LogP contribution in [0.1, 0.15) is 31.2 Å². The van der Waals surface area contributed by atoms with E-state index in [1.165, 1.54) is 20.9 Å². The Kier molecular flexibility index (Phi) is 3.85. The minimum atomic E-state index is 0.0369. The van der Waals surface area contributed by atoms with Crippen molar-refractivity contribution in [2.24, 2.45) is 0 Å². The molecule has 0 aliphatic carbocycles. The molecule has 2 aromatic rings. The van der Waals surface area contributed by atoms with Gasteiger partial charge in [0, 0.05) is 21.9 Å². The molecule has 1 aliphatic heterocycles. The Morgan fingerprint density at radius 1 is 1.35 bits per heavy atom. The van der Waals surface area contributed by atoms with Gasteiger partial charge in [0.05, 0.1) is 6.54 Å². The molecule has 1 aromatic carbocycles. The summed E-state index contributed by atoms with van der Waals surface area (Å²) >= 11 is 1.73. The maximum absolute atomic E-state index is 12.4. The van der Waals surface area contributed by atoms with Gasteiger partial charge in [-0.2, -0.15) is 0 Å². The summed E-state index contributed by atoms with van der Waals surface area (Å²) in [5.41, 5.74) is 3.28. The van der Waals surface area contributed by atoms with E-state index in [1.54, 1.807) is 11.3 Å². The lowest BCUT2D eigenvalue weighted by atomic mass is 9.95. The van der Waals surface area contributed by atoms with E-state index in [1.807, 2.05) is 12.1 Å². The standard InChI is InChI=1S/C16H18N2OS/c1-11-5-6-13(20-11)10-18-16(19)15-4-2-3-12-9-17-8-7-14(12)15/h2-6,17H,7-10H2,1H3,(H,18,19). The van der Waals surface area contributed by atoms with Gasteiger partial charge in [-0.15, -0.1) is 11.3 Å². The van der Waals surface area contributed by atoms with Crippen LogP contribution in [0.4, 0.5) is 0 Å². The number of carbonyl (C=O) groups is 1. The van der Waals surface area contributed by atoms with Crippen molar-refractivity contribution in [2.75, 3.05) is 6.54 Å². The Morgan fingerprint density at radius 2 is 2.25 bits per heavy atom. The normalized spacial score (nSPS) is 13.8. The van der Waals surface area contributed by atoms with Crippen LogP contribution in [0.25, 0.3) is 0 Å². The van der Waals surface area contributed by atoms with E-state index in [2.05, 4.69) is 35.8 Å². The molecule has 1 amide bonds. The Labute approximate surface area is 123 Å². The number of fused-ring (bicyclic) bond motifs is 1. The minimum Gasteiger partial charge on any atom is -0.347 e. The Morgan fingerprint density at radius 3 is 3.05 bits per heavy atom. The Bertz CT molecular complexity index is 633. The van der Waals surface area contributed by atoms with Crippen LogP contribution in [0.5, 0.6) is 0 Å². The molecule has 0 bridgehead atoms. The summed E-state index contributed by atoms with van der Waals surface area (Å²) in [4.78, 5) is 14.8. The molecule has 0 fully saturated rings. The van der Waals surface area contributed by atoms with Crippen LogP contribution in [0, 0.1) is 6.92 Å². The molecule has 2 heterocycles. The molecule has 0 spiro atoms. The van der Waals surface area contributed by atoms with Gasteiger partial charge in [0.15, 0.2) is 0 Å². The van der Waals surface area contributed by atoms with Gasteiger partial charge >= 0.3 is 0 Å². The second-order valence-corrected chi connectivity index (χ2v) is 6.44. The number of aryl methyl sites for hydroxylation is 1. The van der Waals surface area contributed by atoms with Crippen molar-refractivity contribution in [2.45, 2.75) is 26.4 Å².